The maximum Gasteiger partial charge on any atom is 0.183 e. The summed E-state index contributed by atoms with van der Waals surface area (Å²) in [4.78, 5) is 6.35. The highest BCUT2D eigenvalue weighted by Gasteiger charge is 1.98. The van der Waals surface area contributed by atoms with Crippen molar-refractivity contribution in [1.29, 1.82) is 5.26 Å². The molecule has 0 radical (unpaired) electrons. The quantitative estimate of drug-likeness (QED) is 0.291. The van der Waals surface area contributed by atoms with E-state index in [1.807, 2.05) is 80.0 Å². The average molecular weight is 338 g/mol. The molecule has 0 bridgehead atoms. The van der Waals surface area contributed by atoms with Gasteiger partial charge in [0.25, 0.3) is 0 Å². The van der Waals surface area contributed by atoms with Crippen LogP contribution in [0.4, 0.5) is 22.7 Å². The Hall–Kier alpha value is -2.85. The predicted molar refractivity (Wildman–Crippen MR) is 101 cm³/mol. The van der Waals surface area contributed by atoms with Gasteiger partial charge in [0.15, 0.2) is 11.4 Å². The van der Waals surface area contributed by atoms with Crippen LogP contribution in [0.15, 0.2) is 63.8 Å². The van der Waals surface area contributed by atoms with Gasteiger partial charge >= 0.3 is 0 Å². The molecule has 0 saturated heterocycles. The monoisotopic (exact) mass is 338 g/mol. The molecule has 7 heteroatoms. The zero-order valence-electron chi connectivity index (χ0n) is 13.8. The van der Waals surface area contributed by atoms with E-state index in [4.69, 9.17) is 5.26 Å². The number of nitrogens with one attached hydrogen (secondary N) is 1. The number of azo groups is 1. The maximum absolute atomic E-state index is 8.63. The van der Waals surface area contributed by atoms with Gasteiger partial charge in [-0.25, -0.2) is 4.99 Å². The van der Waals surface area contributed by atoms with Crippen LogP contribution in [0, 0.1) is 11.5 Å². The first kappa shape index (κ1) is 17.5. The van der Waals surface area contributed by atoms with Gasteiger partial charge in [-0.1, -0.05) is 11.8 Å². The second-order valence-electron chi connectivity index (χ2n) is 4.99. The first-order valence-electron chi connectivity index (χ1n) is 7.19. The number of hydrogen-bond acceptors (Lipinski definition) is 6. The van der Waals surface area contributed by atoms with Crippen molar-refractivity contribution in [3.63, 3.8) is 0 Å². The molecule has 0 aliphatic heterocycles. The Bertz CT molecular complexity index is 757. The summed E-state index contributed by atoms with van der Waals surface area (Å²) in [5, 5.41) is 20.1. The first-order chi connectivity index (χ1) is 11.6. The van der Waals surface area contributed by atoms with Gasteiger partial charge in [-0.05, 0) is 54.8 Å². The Balaban J connectivity index is 2.07. The Morgan fingerprint density at radius 3 is 1.92 bits per heavy atom. The van der Waals surface area contributed by atoms with E-state index in [-0.39, 0.29) is 0 Å². The molecule has 0 atom stereocenters. The van der Waals surface area contributed by atoms with Crippen molar-refractivity contribution in [3.05, 3.63) is 48.5 Å². The number of hydrogen-bond donors (Lipinski definition) is 1. The molecule has 0 heterocycles. The molecule has 24 heavy (non-hydrogen) atoms. The molecule has 1 N–H and O–H groups in total. The van der Waals surface area contributed by atoms with E-state index in [9.17, 15) is 0 Å². The molecule has 2 aromatic carbocycles. The Morgan fingerprint density at radius 2 is 1.46 bits per heavy atom. The van der Waals surface area contributed by atoms with Gasteiger partial charge in [-0.3, -0.25) is 5.32 Å². The van der Waals surface area contributed by atoms with Crippen molar-refractivity contribution in [2.75, 3.05) is 25.3 Å². The summed E-state index contributed by atoms with van der Waals surface area (Å²) >= 11 is 1.38. The van der Waals surface area contributed by atoms with E-state index in [0.717, 1.165) is 22.7 Å². The highest BCUT2D eigenvalue weighted by Crippen LogP contribution is 2.23. The highest BCUT2D eigenvalue weighted by molar-refractivity contribution is 8.13. The zero-order chi connectivity index (χ0) is 17.4. The minimum absolute atomic E-state index is 0.549. The molecule has 0 aliphatic rings. The molecule has 122 valence electrons. The number of thioether (sulfide) groups is 1. The molecule has 0 saturated carbocycles. The summed E-state index contributed by atoms with van der Waals surface area (Å²) in [6, 6.07) is 15.2. The lowest BCUT2D eigenvalue weighted by molar-refractivity contribution is 1.13. The molecule has 0 aromatic heterocycles. The van der Waals surface area contributed by atoms with Crippen LogP contribution in [0.3, 0.4) is 0 Å². The van der Waals surface area contributed by atoms with Crippen LogP contribution in [-0.2, 0) is 0 Å². The topological polar surface area (TPSA) is 76.1 Å². The number of anilines is 1. The standard InChI is InChI=1S/C17H18N6S/c1-23(2)16-10-8-15(9-11-16)22-21-14-6-4-13(5-7-14)20-17(24-3)19-12-18/h4-11H,1-3H3,(H,19,20). The molecule has 2 rings (SSSR count). The number of nitrogens with zero attached hydrogens (tertiary/aromatic N) is 5. The van der Waals surface area contributed by atoms with Crippen LogP contribution < -0.4 is 10.2 Å². The van der Waals surface area contributed by atoms with Crippen molar-refractivity contribution < 1.29 is 0 Å². The van der Waals surface area contributed by atoms with Gasteiger partial charge in [-0.2, -0.15) is 15.5 Å². The highest BCUT2D eigenvalue weighted by atomic mass is 32.2. The Morgan fingerprint density at radius 1 is 0.958 bits per heavy atom. The van der Waals surface area contributed by atoms with Crippen LogP contribution in [0.2, 0.25) is 0 Å². The smallest absolute Gasteiger partial charge is 0.183 e. The average Bonchev–Trinajstić information content (AvgIpc) is 2.61. The summed E-state index contributed by atoms with van der Waals surface area (Å²) in [6.45, 7) is 0. The third-order valence-corrected chi connectivity index (χ3v) is 3.66. The first-order valence-corrected chi connectivity index (χ1v) is 8.42. The number of rotatable bonds is 4. The van der Waals surface area contributed by atoms with Crippen molar-refractivity contribution in [1.82, 2.24) is 5.32 Å². The second-order valence-corrected chi connectivity index (χ2v) is 5.78. The molecule has 0 fully saturated rings. The van der Waals surface area contributed by atoms with Gasteiger partial charge in [0.05, 0.1) is 17.1 Å². The summed E-state index contributed by atoms with van der Waals surface area (Å²) in [5.41, 5.74) is 3.40. The lowest BCUT2D eigenvalue weighted by Gasteiger charge is -2.11. The van der Waals surface area contributed by atoms with Crippen LogP contribution in [0.5, 0.6) is 0 Å². The lowest BCUT2D eigenvalue weighted by atomic mass is 10.3. The second kappa shape index (κ2) is 8.70. The van der Waals surface area contributed by atoms with Crippen molar-refractivity contribution in [3.8, 4) is 6.19 Å². The largest absolute Gasteiger partial charge is 0.378 e. The summed E-state index contributed by atoms with van der Waals surface area (Å²) in [5.74, 6) is 0. The predicted octanol–water partition coefficient (Wildman–Crippen LogP) is 4.59. The van der Waals surface area contributed by atoms with E-state index >= 15 is 0 Å². The third-order valence-electron chi connectivity index (χ3n) is 3.08. The van der Waals surface area contributed by atoms with Gasteiger partial charge in [0.1, 0.15) is 0 Å². The van der Waals surface area contributed by atoms with Gasteiger partial charge in [0, 0.05) is 19.8 Å². The summed E-state index contributed by atoms with van der Waals surface area (Å²) in [7, 11) is 3.99. The van der Waals surface area contributed by atoms with E-state index in [2.05, 4.69) is 20.5 Å². The molecule has 6 nitrogen and oxygen atoms in total. The van der Waals surface area contributed by atoms with Crippen molar-refractivity contribution >= 4 is 39.7 Å². The van der Waals surface area contributed by atoms with Gasteiger partial charge in [0.2, 0.25) is 0 Å². The molecular weight excluding hydrogens is 320 g/mol. The number of nitriles is 1. The fraction of sp³-hybridized carbons (Fsp3) is 0.176. The summed E-state index contributed by atoms with van der Waals surface area (Å²) in [6.07, 6.45) is 3.72. The Kier molecular flexibility index (Phi) is 6.34. The lowest BCUT2D eigenvalue weighted by Crippen LogP contribution is -2.12. The molecule has 0 spiro atoms. The fourth-order valence-corrected chi connectivity index (χ4v) is 2.16. The fourth-order valence-electron chi connectivity index (χ4n) is 1.82. The normalized spacial score (nSPS) is 11.3. The Labute approximate surface area is 145 Å². The molecule has 0 aliphatic carbocycles. The van der Waals surface area contributed by atoms with Crippen LogP contribution >= 0.6 is 11.8 Å². The van der Waals surface area contributed by atoms with Crippen molar-refractivity contribution in [2.24, 2.45) is 15.2 Å². The van der Waals surface area contributed by atoms with Gasteiger partial charge in [-0.15, -0.1) is 0 Å². The van der Waals surface area contributed by atoms with E-state index < -0.39 is 0 Å². The van der Waals surface area contributed by atoms with E-state index in [1.165, 1.54) is 11.8 Å². The minimum atomic E-state index is 0.549. The molecule has 0 amide bonds. The van der Waals surface area contributed by atoms with E-state index in [0.29, 0.717) is 5.17 Å². The minimum Gasteiger partial charge on any atom is -0.378 e. The molecule has 2 aromatic rings. The SMILES string of the molecule is CSC(=Nc1ccc(N=Nc2ccc(N(C)C)cc2)cc1)NC#N. The van der Waals surface area contributed by atoms with Crippen LogP contribution in [-0.4, -0.2) is 25.5 Å². The maximum atomic E-state index is 8.63. The number of benzene rings is 2. The zero-order valence-corrected chi connectivity index (χ0v) is 14.6. The molecule has 0 unspecified atom stereocenters. The van der Waals surface area contributed by atoms with Crippen molar-refractivity contribution in [2.45, 2.75) is 0 Å². The number of amidine groups is 1. The van der Waals surface area contributed by atoms with E-state index in [1.54, 1.807) is 0 Å². The van der Waals surface area contributed by atoms with Gasteiger partial charge < -0.3 is 4.90 Å². The summed E-state index contributed by atoms with van der Waals surface area (Å²) < 4.78 is 0. The van der Waals surface area contributed by atoms with Crippen LogP contribution in [0.25, 0.3) is 0 Å². The number of aliphatic imine (C=N–C) groups is 1. The van der Waals surface area contributed by atoms with Crippen LogP contribution in [0.1, 0.15) is 0 Å². The molecular formula is C17H18N6S. The third kappa shape index (κ3) is 5.11.